The summed E-state index contributed by atoms with van der Waals surface area (Å²) in [6.45, 7) is 4.57. The third kappa shape index (κ3) is 4.35. The van der Waals surface area contributed by atoms with Crippen LogP contribution in [0.5, 0.6) is 0 Å². The van der Waals surface area contributed by atoms with Crippen molar-refractivity contribution in [2.45, 2.75) is 76.8 Å². The Kier molecular flexibility index (Phi) is 6.13. The van der Waals surface area contributed by atoms with Crippen LogP contribution >= 0.6 is 12.4 Å². The van der Waals surface area contributed by atoms with Crippen molar-refractivity contribution in [3.05, 3.63) is 0 Å². The second-order valence-corrected chi connectivity index (χ2v) is 6.80. The average molecular weight is 289 g/mol. The zero-order valence-electron chi connectivity index (χ0n) is 12.3. The Hall–Kier alpha value is -0.280. The second kappa shape index (κ2) is 6.94. The summed E-state index contributed by atoms with van der Waals surface area (Å²) in [5, 5.41) is 3.23. The molecule has 0 heterocycles. The molecule has 2 aliphatic rings. The smallest absolute Gasteiger partial charge is 0.240 e. The van der Waals surface area contributed by atoms with Crippen LogP contribution in [0, 0.1) is 11.8 Å². The van der Waals surface area contributed by atoms with Crippen LogP contribution in [0.3, 0.4) is 0 Å². The van der Waals surface area contributed by atoms with E-state index >= 15 is 0 Å². The quantitative estimate of drug-likeness (QED) is 0.821. The highest BCUT2D eigenvalue weighted by atomic mass is 35.5. The van der Waals surface area contributed by atoms with Gasteiger partial charge in [0.25, 0.3) is 0 Å². The lowest BCUT2D eigenvalue weighted by molar-refractivity contribution is -0.128. The number of rotatable bonds is 2. The van der Waals surface area contributed by atoms with Gasteiger partial charge in [-0.05, 0) is 43.9 Å². The maximum absolute atomic E-state index is 12.4. The van der Waals surface area contributed by atoms with E-state index in [2.05, 4.69) is 19.2 Å². The number of carbonyl (C=O) groups is 1. The van der Waals surface area contributed by atoms with Gasteiger partial charge in [-0.3, -0.25) is 4.79 Å². The molecular weight excluding hydrogens is 260 g/mol. The van der Waals surface area contributed by atoms with Crippen LogP contribution in [-0.4, -0.2) is 17.5 Å². The molecule has 0 aromatic rings. The minimum Gasteiger partial charge on any atom is -0.352 e. The Morgan fingerprint density at radius 2 is 1.58 bits per heavy atom. The molecule has 0 spiro atoms. The van der Waals surface area contributed by atoms with Crippen LogP contribution in [0.15, 0.2) is 0 Å². The summed E-state index contributed by atoms with van der Waals surface area (Å²) < 4.78 is 0. The molecule has 2 rings (SSSR count). The van der Waals surface area contributed by atoms with Crippen molar-refractivity contribution in [2.75, 3.05) is 0 Å². The fourth-order valence-electron chi connectivity index (χ4n) is 3.80. The molecule has 2 aliphatic carbocycles. The Morgan fingerprint density at radius 1 is 1.05 bits per heavy atom. The third-order valence-corrected chi connectivity index (χ3v) is 4.71. The summed E-state index contributed by atoms with van der Waals surface area (Å²) in [6, 6.07) is 0.346. The van der Waals surface area contributed by atoms with Crippen molar-refractivity contribution in [1.82, 2.24) is 5.32 Å². The Balaban J connectivity index is 0.00000180. The molecular formula is C15H29ClN2O. The monoisotopic (exact) mass is 288 g/mol. The highest BCUT2D eigenvalue weighted by molar-refractivity contribution is 5.86. The number of amides is 1. The molecule has 19 heavy (non-hydrogen) atoms. The Labute approximate surface area is 123 Å². The number of carbonyl (C=O) groups excluding carboxylic acids is 1. The maximum atomic E-state index is 12.4. The molecule has 2 atom stereocenters. The van der Waals surface area contributed by atoms with Crippen molar-refractivity contribution >= 4 is 18.3 Å². The zero-order chi connectivity index (χ0) is 13.2. The minimum absolute atomic E-state index is 0. The molecule has 0 aromatic carbocycles. The van der Waals surface area contributed by atoms with Gasteiger partial charge in [0.05, 0.1) is 5.54 Å². The predicted molar refractivity (Wildman–Crippen MR) is 81.4 cm³/mol. The van der Waals surface area contributed by atoms with Crippen LogP contribution in [0.1, 0.15) is 65.2 Å². The van der Waals surface area contributed by atoms with Crippen LogP contribution in [-0.2, 0) is 4.79 Å². The molecule has 0 bridgehead atoms. The number of nitrogens with two attached hydrogens (primary N) is 1. The highest BCUT2D eigenvalue weighted by Gasteiger charge is 2.37. The van der Waals surface area contributed by atoms with E-state index in [-0.39, 0.29) is 18.3 Å². The van der Waals surface area contributed by atoms with Crippen LogP contribution in [0.2, 0.25) is 0 Å². The van der Waals surface area contributed by atoms with Gasteiger partial charge in [-0.15, -0.1) is 12.4 Å². The van der Waals surface area contributed by atoms with Gasteiger partial charge in [0.1, 0.15) is 0 Å². The van der Waals surface area contributed by atoms with E-state index in [1.807, 2.05) is 0 Å². The number of hydrogen-bond acceptors (Lipinski definition) is 2. The summed E-state index contributed by atoms with van der Waals surface area (Å²) in [5.74, 6) is 1.55. The van der Waals surface area contributed by atoms with E-state index in [0.29, 0.717) is 6.04 Å². The molecule has 2 fully saturated rings. The topological polar surface area (TPSA) is 55.1 Å². The van der Waals surface area contributed by atoms with Crippen molar-refractivity contribution in [3.63, 3.8) is 0 Å². The lowest BCUT2D eigenvalue weighted by Crippen LogP contribution is -2.57. The normalized spacial score (nSPS) is 34.2. The Bertz CT molecular complexity index is 293. The number of nitrogens with one attached hydrogen (secondary N) is 1. The summed E-state index contributed by atoms with van der Waals surface area (Å²) in [7, 11) is 0. The molecule has 3 N–H and O–H groups in total. The first-order valence-electron chi connectivity index (χ1n) is 7.59. The van der Waals surface area contributed by atoms with E-state index in [9.17, 15) is 4.79 Å². The van der Waals surface area contributed by atoms with Crippen molar-refractivity contribution in [1.29, 1.82) is 0 Å². The molecule has 4 heteroatoms. The summed E-state index contributed by atoms with van der Waals surface area (Å²) in [5.41, 5.74) is 5.70. The standard InChI is InChI=1S/C15H28N2O.ClH/c1-11-8-12(2)10-13(9-11)17-14(18)15(16)6-4-3-5-7-15;/h11-13H,3-10,16H2,1-2H3,(H,17,18);1H. The van der Waals surface area contributed by atoms with Gasteiger partial charge in [0.2, 0.25) is 5.91 Å². The first kappa shape index (κ1) is 16.8. The van der Waals surface area contributed by atoms with Gasteiger partial charge < -0.3 is 11.1 Å². The third-order valence-electron chi connectivity index (χ3n) is 4.71. The SMILES string of the molecule is CC1CC(C)CC(NC(=O)C2(N)CCCCC2)C1.Cl. The molecule has 0 aromatic heterocycles. The number of hydrogen-bond donors (Lipinski definition) is 2. The van der Waals surface area contributed by atoms with E-state index in [4.69, 9.17) is 5.73 Å². The highest BCUT2D eigenvalue weighted by Crippen LogP contribution is 2.30. The Morgan fingerprint density at radius 3 is 2.11 bits per heavy atom. The fourth-order valence-corrected chi connectivity index (χ4v) is 3.80. The molecule has 112 valence electrons. The predicted octanol–water partition coefficient (Wildman–Crippen LogP) is 3.01. The summed E-state index contributed by atoms with van der Waals surface area (Å²) in [6.07, 6.45) is 8.66. The average Bonchev–Trinajstić information content (AvgIpc) is 2.28. The van der Waals surface area contributed by atoms with Gasteiger partial charge in [0, 0.05) is 6.04 Å². The molecule has 2 saturated carbocycles. The fraction of sp³-hybridized carbons (Fsp3) is 0.933. The van der Waals surface area contributed by atoms with Gasteiger partial charge in [-0.1, -0.05) is 33.1 Å². The van der Waals surface area contributed by atoms with Crippen LogP contribution in [0.4, 0.5) is 0 Å². The molecule has 0 aliphatic heterocycles. The first-order chi connectivity index (χ1) is 8.49. The van der Waals surface area contributed by atoms with Crippen molar-refractivity contribution in [3.8, 4) is 0 Å². The van der Waals surface area contributed by atoms with E-state index in [0.717, 1.165) is 50.4 Å². The zero-order valence-corrected chi connectivity index (χ0v) is 13.1. The minimum atomic E-state index is -0.581. The summed E-state index contributed by atoms with van der Waals surface area (Å²) >= 11 is 0. The molecule has 1 amide bonds. The molecule has 0 radical (unpaired) electrons. The van der Waals surface area contributed by atoms with Crippen LogP contribution < -0.4 is 11.1 Å². The van der Waals surface area contributed by atoms with E-state index in [1.54, 1.807) is 0 Å². The lowest BCUT2D eigenvalue weighted by Gasteiger charge is -2.37. The molecule has 3 nitrogen and oxygen atoms in total. The molecule has 2 unspecified atom stereocenters. The van der Waals surface area contributed by atoms with Crippen LogP contribution in [0.25, 0.3) is 0 Å². The number of halogens is 1. The lowest BCUT2D eigenvalue weighted by atomic mass is 9.78. The van der Waals surface area contributed by atoms with Crippen molar-refractivity contribution in [2.24, 2.45) is 17.6 Å². The molecule has 0 saturated heterocycles. The van der Waals surface area contributed by atoms with E-state index in [1.165, 1.54) is 12.8 Å². The van der Waals surface area contributed by atoms with Crippen molar-refractivity contribution < 1.29 is 4.79 Å². The second-order valence-electron chi connectivity index (χ2n) is 6.80. The van der Waals surface area contributed by atoms with Gasteiger partial charge in [-0.2, -0.15) is 0 Å². The van der Waals surface area contributed by atoms with Gasteiger partial charge >= 0.3 is 0 Å². The van der Waals surface area contributed by atoms with Gasteiger partial charge in [0.15, 0.2) is 0 Å². The first-order valence-corrected chi connectivity index (χ1v) is 7.59. The van der Waals surface area contributed by atoms with E-state index < -0.39 is 5.54 Å². The van der Waals surface area contributed by atoms with Gasteiger partial charge in [-0.25, -0.2) is 0 Å². The largest absolute Gasteiger partial charge is 0.352 e. The summed E-state index contributed by atoms with van der Waals surface area (Å²) in [4.78, 5) is 12.4. The maximum Gasteiger partial charge on any atom is 0.240 e.